The van der Waals surface area contributed by atoms with Crippen LogP contribution in [-0.4, -0.2) is 52.9 Å². The summed E-state index contributed by atoms with van der Waals surface area (Å²) in [6.45, 7) is -0.519. The predicted molar refractivity (Wildman–Crippen MR) is 103 cm³/mol. The van der Waals surface area contributed by atoms with Gasteiger partial charge in [0.25, 0.3) is 5.91 Å². The molecular weight excluding hydrogens is 382 g/mol. The van der Waals surface area contributed by atoms with Gasteiger partial charge in [-0.3, -0.25) is 4.79 Å². The van der Waals surface area contributed by atoms with E-state index >= 15 is 0 Å². The Kier molecular flexibility index (Phi) is 7.41. The molecule has 29 heavy (non-hydrogen) atoms. The Morgan fingerprint density at radius 1 is 0.793 bits per heavy atom. The first kappa shape index (κ1) is 21.5. The lowest BCUT2D eigenvalue weighted by Gasteiger charge is -2.13. The van der Waals surface area contributed by atoms with E-state index in [2.05, 4.69) is 10.1 Å². The SMILES string of the molecule is COC(=O)c1ccc(NC(=O)COC(=O)c2cc(OC)c(OC)cc2OC)cc1. The highest BCUT2D eigenvalue weighted by molar-refractivity contribution is 5.97. The van der Waals surface area contributed by atoms with Crippen molar-refractivity contribution in [3.63, 3.8) is 0 Å². The summed E-state index contributed by atoms with van der Waals surface area (Å²) in [6.07, 6.45) is 0. The monoisotopic (exact) mass is 403 g/mol. The van der Waals surface area contributed by atoms with Crippen molar-refractivity contribution in [3.8, 4) is 17.2 Å². The summed E-state index contributed by atoms with van der Waals surface area (Å²) in [7, 11) is 5.55. The van der Waals surface area contributed by atoms with E-state index in [-0.39, 0.29) is 11.3 Å². The predicted octanol–water partition coefficient (Wildman–Crippen LogP) is 2.29. The number of anilines is 1. The van der Waals surface area contributed by atoms with E-state index < -0.39 is 24.5 Å². The normalized spacial score (nSPS) is 9.93. The number of hydrogen-bond donors (Lipinski definition) is 1. The number of carbonyl (C=O) groups is 3. The standard InChI is InChI=1S/C20H21NO8/c1-25-15-10-17(27-3)16(26-2)9-14(15)20(24)29-11-18(22)21-13-7-5-12(6-8-13)19(23)28-4/h5-10H,11H2,1-4H3,(H,21,22). The molecule has 0 spiro atoms. The molecule has 0 aliphatic heterocycles. The van der Waals surface area contributed by atoms with E-state index in [1.165, 1.54) is 64.8 Å². The topological polar surface area (TPSA) is 109 Å². The van der Waals surface area contributed by atoms with Crippen LogP contribution < -0.4 is 19.5 Å². The molecule has 2 rings (SSSR count). The van der Waals surface area contributed by atoms with E-state index in [0.29, 0.717) is 22.7 Å². The van der Waals surface area contributed by atoms with E-state index in [4.69, 9.17) is 18.9 Å². The van der Waals surface area contributed by atoms with Gasteiger partial charge in [-0.1, -0.05) is 0 Å². The average molecular weight is 403 g/mol. The highest BCUT2D eigenvalue weighted by atomic mass is 16.5. The Hall–Kier alpha value is -3.75. The molecular formula is C20H21NO8. The Morgan fingerprint density at radius 3 is 1.93 bits per heavy atom. The Balaban J connectivity index is 2.01. The Bertz CT molecular complexity index is 892. The fourth-order valence-corrected chi connectivity index (χ4v) is 2.40. The number of hydrogen-bond acceptors (Lipinski definition) is 8. The van der Waals surface area contributed by atoms with Gasteiger partial charge in [-0.25, -0.2) is 9.59 Å². The first-order chi connectivity index (χ1) is 13.9. The second kappa shape index (κ2) is 9.98. The van der Waals surface area contributed by atoms with Gasteiger partial charge in [0, 0.05) is 17.8 Å². The fraction of sp³-hybridized carbons (Fsp3) is 0.250. The van der Waals surface area contributed by atoms with Crippen molar-refractivity contribution in [1.29, 1.82) is 0 Å². The largest absolute Gasteiger partial charge is 0.496 e. The van der Waals surface area contributed by atoms with Crippen molar-refractivity contribution in [2.45, 2.75) is 0 Å². The molecule has 0 aromatic heterocycles. The van der Waals surface area contributed by atoms with Crippen LogP contribution >= 0.6 is 0 Å². The van der Waals surface area contributed by atoms with E-state index in [1.54, 1.807) is 0 Å². The van der Waals surface area contributed by atoms with Crippen LogP contribution in [-0.2, 0) is 14.3 Å². The Labute approximate surface area is 167 Å². The summed E-state index contributed by atoms with van der Waals surface area (Å²) in [5.41, 5.74) is 0.861. The van der Waals surface area contributed by atoms with Crippen molar-refractivity contribution < 1.29 is 38.1 Å². The number of amides is 1. The summed E-state index contributed by atoms with van der Waals surface area (Å²) >= 11 is 0. The average Bonchev–Trinajstić information content (AvgIpc) is 2.76. The number of benzene rings is 2. The van der Waals surface area contributed by atoms with Gasteiger partial charge >= 0.3 is 11.9 Å². The minimum atomic E-state index is -0.765. The van der Waals surface area contributed by atoms with Crippen LogP contribution in [0.4, 0.5) is 5.69 Å². The quantitative estimate of drug-likeness (QED) is 0.669. The van der Waals surface area contributed by atoms with E-state index in [0.717, 1.165) is 0 Å². The Morgan fingerprint density at radius 2 is 1.38 bits per heavy atom. The molecule has 0 aliphatic rings. The minimum absolute atomic E-state index is 0.0837. The molecule has 0 aliphatic carbocycles. The first-order valence-corrected chi connectivity index (χ1v) is 8.38. The maximum absolute atomic E-state index is 12.4. The molecule has 2 aromatic carbocycles. The van der Waals surface area contributed by atoms with Gasteiger partial charge in [0.05, 0.1) is 34.0 Å². The molecule has 0 radical (unpaired) electrons. The maximum atomic E-state index is 12.4. The number of nitrogens with one attached hydrogen (secondary N) is 1. The molecule has 0 fully saturated rings. The summed E-state index contributed by atoms with van der Waals surface area (Å²) in [6, 6.07) is 8.96. The van der Waals surface area contributed by atoms with Gasteiger partial charge in [-0.05, 0) is 24.3 Å². The van der Waals surface area contributed by atoms with Gasteiger partial charge < -0.3 is 29.0 Å². The second-order valence-electron chi connectivity index (χ2n) is 5.60. The van der Waals surface area contributed by atoms with Crippen LogP contribution in [0.2, 0.25) is 0 Å². The number of esters is 2. The molecule has 2 aromatic rings. The zero-order valence-electron chi connectivity index (χ0n) is 16.4. The molecule has 0 unspecified atom stereocenters. The smallest absolute Gasteiger partial charge is 0.342 e. The molecule has 1 amide bonds. The van der Waals surface area contributed by atoms with Crippen molar-refractivity contribution in [3.05, 3.63) is 47.5 Å². The van der Waals surface area contributed by atoms with Crippen molar-refractivity contribution in [1.82, 2.24) is 0 Å². The summed E-state index contributed by atoms with van der Waals surface area (Å²) in [4.78, 5) is 35.8. The van der Waals surface area contributed by atoms with Crippen LogP contribution in [0.1, 0.15) is 20.7 Å². The number of methoxy groups -OCH3 is 4. The molecule has 0 bridgehead atoms. The second-order valence-corrected chi connectivity index (χ2v) is 5.60. The number of rotatable bonds is 8. The third-order valence-electron chi connectivity index (χ3n) is 3.85. The lowest BCUT2D eigenvalue weighted by Crippen LogP contribution is -2.21. The van der Waals surface area contributed by atoms with Gasteiger partial charge in [0.1, 0.15) is 11.3 Å². The van der Waals surface area contributed by atoms with Gasteiger partial charge in [0.15, 0.2) is 18.1 Å². The first-order valence-electron chi connectivity index (χ1n) is 8.38. The summed E-state index contributed by atoms with van der Waals surface area (Å²) in [5, 5.41) is 2.56. The van der Waals surface area contributed by atoms with E-state index in [9.17, 15) is 14.4 Å². The molecule has 0 saturated carbocycles. The van der Waals surface area contributed by atoms with Crippen LogP contribution in [0.3, 0.4) is 0 Å². The zero-order chi connectivity index (χ0) is 21.4. The minimum Gasteiger partial charge on any atom is -0.496 e. The third-order valence-corrected chi connectivity index (χ3v) is 3.85. The number of ether oxygens (including phenoxy) is 5. The fourth-order valence-electron chi connectivity index (χ4n) is 2.40. The molecule has 1 N–H and O–H groups in total. The molecule has 0 atom stereocenters. The summed E-state index contributed by atoms with van der Waals surface area (Å²) in [5.74, 6) is -0.890. The van der Waals surface area contributed by atoms with Crippen LogP contribution in [0.5, 0.6) is 17.2 Å². The molecule has 0 heterocycles. The van der Waals surface area contributed by atoms with Crippen LogP contribution in [0.25, 0.3) is 0 Å². The van der Waals surface area contributed by atoms with Crippen molar-refractivity contribution in [2.24, 2.45) is 0 Å². The molecule has 154 valence electrons. The van der Waals surface area contributed by atoms with Gasteiger partial charge in [0.2, 0.25) is 0 Å². The highest BCUT2D eigenvalue weighted by Gasteiger charge is 2.20. The van der Waals surface area contributed by atoms with Crippen LogP contribution in [0, 0.1) is 0 Å². The van der Waals surface area contributed by atoms with Crippen molar-refractivity contribution >= 4 is 23.5 Å². The lowest BCUT2D eigenvalue weighted by molar-refractivity contribution is -0.119. The highest BCUT2D eigenvalue weighted by Crippen LogP contribution is 2.34. The van der Waals surface area contributed by atoms with Crippen molar-refractivity contribution in [2.75, 3.05) is 40.4 Å². The molecule has 9 nitrogen and oxygen atoms in total. The van der Waals surface area contributed by atoms with E-state index in [1.807, 2.05) is 0 Å². The molecule has 0 saturated heterocycles. The van der Waals surface area contributed by atoms with Gasteiger partial charge in [-0.2, -0.15) is 0 Å². The zero-order valence-corrected chi connectivity index (χ0v) is 16.4. The summed E-state index contributed by atoms with van der Waals surface area (Å²) < 4.78 is 25.2. The lowest BCUT2D eigenvalue weighted by atomic mass is 10.1. The van der Waals surface area contributed by atoms with Crippen LogP contribution in [0.15, 0.2) is 36.4 Å². The van der Waals surface area contributed by atoms with Gasteiger partial charge in [-0.15, -0.1) is 0 Å². The maximum Gasteiger partial charge on any atom is 0.342 e. The number of carbonyl (C=O) groups excluding carboxylic acids is 3. The third kappa shape index (κ3) is 5.38. The molecule has 9 heteroatoms.